The lowest BCUT2D eigenvalue weighted by Gasteiger charge is -2.10. The minimum atomic E-state index is -1.19. The van der Waals surface area contributed by atoms with Crippen molar-refractivity contribution in [2.24, 2.45) is 0 Å². The molecule has 0 unspecified atom stereocenters. The fraction of sp³-hybridized carbons (Fsp3) is 0.133. The predicted molar refractivity (Wildman–Crippen MR) is 72.4 cm³/mol. The Bertz CT molecular complexity index is 679. The number of carboxylic acid groups (broad SMARTS) is 1. The summed E-state index contributed by atoms with van der Waals surface area (Å²) >= 11 is 0. The van der Waals surface area contributed by atoms with Crippen LogP contribution in [0.25, 0.3) is 0 Å². The molecule has 0 aliphatic heterocycles. The summed E-state index contributed by atoms with van der Waals surface area (Å²) in [5.41, 5.74) is 1.24. The molecule has 2 rings (SSSR count). The second-order valence-electron chi connectivity index (χ2n) is 4.26. The van der Waals surface area contributed by atoms with Crippen LogP contribution in [0, 0.1) is 6.92 Å². The van der Waals surface area contributed by atoms with Crippen molar-refractivity contribution in [3.63, 3.8) is 0 Å². The number of carboxylic acids is 1. The molecule has 0 saturated carbocycles. The SMILES string of the molecule is COc1cc(C)ccc1C(=O)c1ccncc1C(=O)O. The summed E-state index contributed by atoms with van der Waals surface area (Å²) in [7, 11) is 1.47. The van der Waals surface area contributed by atoms with Crippen LogP contribution in [0.1, 0.15) is 31.8 Å². The lowest BCUT2D eigenvalue weighted by Crippen LogP contribution is -2.11. The summed E-state index contributed by atoms with van der Waals surface area (Å²) in [5.74, 6) is -1.17. The van der Waals surface area contributed by atoms with Gasteiger partial charge < -0.3 is 9.84 Å². The van der Waals surface area contributed by atoms with Gasteiger partial charge in [0, 0.05) is 18.0 Å². The van der Waals surface area contributed by atoms with E-state index in [9.17, 15) is 9.59 Å². The molecule has 1 heterocycles. The molecule has 1 N–H and O–H groups in total. The number of ether oxygens (including phenoxy) is 1. The van der Waals surface area contributed by atoms with Gasteiger partial charge in [0.05, 0.1) is 18.2 Å². The van der Waals surface area contributed by atoms with Gasteiger partial charge in [0.1, 0.15) is 5.75 Å². The van der Waals surface area contributed by atoms with E-state index in [4.69, 9.17) is 9.84 Å². The van der Waals surface area contributed by atoms with Gasteiger partial charge in [-0.2, -0.15) is 0 Å². The molecule has 5 heteroatoms. The number of aromatic nitrogens is 1. The summed E-state index contributed by atoms with van der Waals surface area (Å²) in [6, 6.07) is 6.53. The van der Waals surface area contributed by atoms with Gasteiger partial charge in [0.25, 0.3) is 0 Å². The van der Waals surface area contributed by atoms with E-state index in [0.717, 1.165) is 11.8 Å². The lowest BCUT2D eigenvalue weighted by atomic mass is 9.98. The van der Waals surface area contributed by atoms with Gasteiger partial charge >= 0.3 is 5.97 Å². The molecule has 0 saturated heterocycles. The second-order valence-corrected chi connectivity index (χ2v) is 4.26. The van der Waals surface area contributed by atoms with Crippen molar-refractivity contribution in [3.05, 3.63) is 58.9 Å². The maximum atomic E-state index is 12.5. The molecule has 0 atom stereocenters. The largest absolute Gasteiger partial charge is 0.496 e. The van der Waals surface area contributed by atoms with Crippen molar-refractivity contribution >= 4 is 11.8 Å². The van der Waals surface area contributed by atoms with Crippen LogP contribution in [-0.4, -0.2) is 29.0 Å². The summed E-state index contributed by atoms with van der Waals surface area (Å²) < 4.78 is 5.19. The lowest BCUT2D eigenvalue weighted by molar-refractivity contribution is 0.0692. The van der Waals surface area contributed by atoms with Gasteiger partial charge in [0.2, 0.25) is 0 Å². The molecule has 0 bridgehead atoms. The maximum Gasteiger partial charge on any atom is 0.338 e. The number of hydrogen-bond acceptors (Lipinski definition) is 4. The molecule has 1 aromatic heterocycles. The van der Waals surface area contributed by atoms with Crippen LogP contribution in [-0.2, 0) is 0 Å². The molecule has 0 radical (unpaired) electrons. The summed E-state index contributed by atoms with van der Waals surface area (Å²) in [6.45, 7) is 1.88. The molecule has 0 amide bonds. The third-order valence-electron chi connectivity index (χ3n) is 2.90. The Morgan fingerprint density at radius 2 is 1.90 bits per heavy atom. The number of aryl methyl sites for hydroxylation is 1. The zero-order valence-corrected chi connectivity index (χ0v) is 11.1. The van der Waals surface area contributed by atoms with Crippen LogP contribution in [0.3, 0.4) is 0 Å². The van der Waals surface area contributed by atoms with Gasteiger partial charge in [-0.15, -0.1) is 0 Å². The van der Waals surface area contributed by atoms with E-state index in [1.54, 1.807) is 18.2 Å². The highest BCUT2D eigenvalue weighted by Gasteiger charge is 2.20. The van der Waals surface area contributed by atoms with Crippen molar-refractivity contribution in [3.8, 4) is 5.75 Å². The van der Waals surface area contributed by atoms with E-state index < -0.39 is 11.8 Å². The van der Waals surface area contributed by atoms with E-state index in [1.807, 2.05) is 6.92 Å². The molecule has 102 valence electrons. The molecule has 1 aromatic carbocycles. The van der Waals surface area contributed by atoms with Crippen LogP contribution >= 0.6 is 0 Å². The smallest absolute Gasteiger partial charge is 0.338 e. The molecule has 0 fully saturated rings. The molecule has 2 aromatic rings. The molecule has 0 spiro atoms. The van der Waals surface area contributed by atoms with Crippen molar-refractivity contribution in [1.29, 1.82) is 0 Å². The Kier molecular flexibility index (Phi) is 3.79. The van der Waals surface area contributed by atoms with Crippen LogP contribution in [0.15, 0.2) is 36.7 Å². The van der Waals surface area contributed by atoms with Crippen molar-refractivity contribution in [2.75, 3.05) is 7.11 Å². The fourth-order valence-corrected chi connectivity index (χ4v) is 1.89. The Labute approximate surface area is 115 Å². The number of methoxy groups -OCH3 is 1. The first-order chi connectivity index (χ1) is 9.54. The van der Waals surface area contributed by atoms with Gasteiger partial charge in [0.15, 0.2) is 5.78 Å². The van der Waals surface area contributed by atoms with E-state index in [2.05, 4.69) is 4.98 Å². The number of hydrogen-bond donors (Lipinski definition) is 1. The molecule has 0 aliphatic carbocycles. The summed E-state index contributed by atoms with van der Waals surface area (Å²) in [5, 5.41) is 9.11. The molecule has 5 nitrogen and oxygen atoms in total. The zero-order chi connectivity index (χ0) is 14.7. The highest BCUT2D eigenvalue weighted by Crippen LogP contribution is 2.24. The Morgan fingerprint density at radius 3 is 2.55 bits per heavy atom. The summed E-state index contributed by atoms with van der Waals surface area (Å²) in [6.07, 6.45) is 2.55. The van der Waals surface area contributed by atoms with E-state index in [-0.39, 0.29) is 11.1 Å². The maximum absolute atomic E-state index is 12.5. The number of aromatic carboxylic acids is 1. The van der Waals surface area contributed by atoms with Crippen LogP contribution in [0.2, 0.25) is 0 Å². The monoisotopic (exact) mass is 271 g/mol. The average Bonchev–Trinajstić information content (AvgIpc) is 2.46. The normalized spacial score (nSPS) is 10.1. The van der Waals surface area contributed by atoms with Crippen LogP contribution < -0.4 is 4.74 Å². The van der Waals surface area contributed by atoms with E-state index in [0.29, 0.717) is 11.3 Å². The molecular weight excluding hydrogens is 258 g/mol. The van der Waals surface area contributed by atoms with E-state index >= 15 is 0 Å². The van der Waals surface area contributed by atoms with Gasteiger partial charge in [-0.25, -0.2) is 4.79 Å². The third-order valence-corrected chi connectivity index (χ3v) is 2.90. The molecule has 0 aliphatic rings. The number of ketones is 1. The van der Waals surface area contributed by atoms with E-state index in [1.165, 1.54) is 19.4 Å². The average molecular weight is 271 g/mol. The number of carbonyl (C=O) groups excluding carboxylic acids is 1. The van der Waals surface area contributed by atoms with Crippen molar-refractivity contribution < 1.29 is 19.4 Å². The predicted octanol–water partition coefficient (Wildman–Crippen LogP) is 2.33. The zero-order valence-electron chi connectivity index (χ0n) is 11.1. The Balaban J connectivity index is 2.55. The fourth-order valence-electron chi connectivity index (χ4n) is 1.89. The number of nitrogens with zero attached hydrogens (tertiary/aromatic N) is 1. The number of benzene rings is 1. The molecule has 20 heavy (non-hydrogen) atoms. The minimum Gasteiger partial charge on any atom is -0.496 e. The first-order valence-electron chi connectivity index (χ1n) is 5.91. The first-order valence-corrected chi connectivity index (χ1v) is 5.91. The molecular formula is C15H13NO4. The number of carbonyl (C=O) groups is 2. The Morgan fingerprint density at radius 1 is 1.15 bits per heavy atom. The first kappa shape index (κ1) is 13.7. The number of pyridine rings is 1. The van der Waals surface area contributed by atoms with Crippen molar-refractivity contribution in [2.45, 2.75) is 6.92 Å². The highest BCUT2D eigenvalue weighted by atomic mass is 16.5. The van der Waals surface area contributed by atoms with Gasteiger partial charge in [-0.05, 0) is 30.7 Å². The summed E-state index contributed by atoms with van der Waals surface area (Å²) in [4.78, 5) is 27.4. The van der Waals surface area contributed by atoms with Crippen LogP contribution in [0.5, 0.6) is 5.75 Å². The Hall–Kier alpha value is -2.69. The van der Waals surface area contributed by atoms with Gasteiger partial charge in [-0.1, -0.05) is 6.07 Å². The number of rotatable bonds is 4. The minimum absolute atomic E-state index is 0.0923. The highest BCUT2D eigenvalue weighted by molar-refractivity contribution is 6.15. The quantitative estimate of drug-likeness (QED) is 0.863. The van der Waals surface area contributed by atoms with Crippen molar-refractivity contribution in [1.82, 2.24) is 4.98 Å². The standard InChI is InChI=1S/C15H13NO4/c1-9-3-4-11(13(7-9)20-2)14(17)10-5-6-16-8-12(10)15(18)19/h3-8H,1-2H3,(H,18,19). The van der Waals surface area contributed by atoms with Crippen LogP contribution in [0.4, 0.5) is 0 Å². The van der Waals surface area contributed by atoms with Gasteiger partial charge in [-0.3, -0.25) is 9.78 Å². The third kappa shape index (κ3) is 2.51. The second kappa shape index (κ2) is 5.52. The topological polar surface area (TPSA) is 76.5 Å².